The summed E-state index contributed by atoms with van der Waals surface area (Å²) in [6.07, 6.45) is 0.628. The molecule has 2 aromatic carbocycles. The predicted molar refractivity (Wildman–Crippen MR) is 104 cm³/mol. The molecular formula is C20H21N3O4S. The van der Waals surface area contributed by atoms with E-state index in [-0.39, 0.29) is 18.2 Å². The molecule has 146 valence electrons. The first kappa shape index (κ1) is 19.9. The Kier molecular flexibility index (Phi) is 5.97. The zero-order valence-electron chi connectivity index (χ0n) is 15.5. The topological polar surface area (TPSA) is 99.5 Å². The second-order valence-corrected chi connectivity index (χ2v) is 8.57. The van der Waals surface area contributed by atoms with Crippen LogP contribution in [0.2, 0.25) is 0 Å². The maximum Gasteiger partial charge on any atom is 0.251 e. The van der Waals surface area contributed by atoms with Crippen LogP contribution in [0.3, 0.4) is 0 Å². The number of methoxy groups -OCH3 is 1. The quantitative estimate of drug-likeness (QED) is 0.797. The predicted octanol–water partition coefficient (Wildman–Crippen LogP) is 1.68. The number of hydrogen-bond donors (Lipinski definition) is 1. The van der Waals surface area contributed by atoms with Gasteiger partial charge >= 0.3 is 0 Å². The number of benzene rings is 2. The minimum absolute atomic E-state index is 0.0210. The van der Waals surface area contributed by atoms with Crippen LogP contribution in [0.5, 0.6) is 5.75 Å². The number of nitrogens with zero attached hydrogens (tertiary/aromatic N) is 2. The molecule has 0 atom stereocenters. The van der Waals surface area contributed by atoms with Gasteiger partial charge in [0.05, 0.1) is 24.5 Å². The summed E-state index contributed by atoms with van der Waals surface area (Å²) in [5, 5.41) is 11.4. The maximum absolute atomic E-state index is 12.6. The highest BCUT2D eigenvalue weighted by Gasteiger charge is 2.26. The maximum atomic E-state index is 12.6. The fraction of sp³-hybridized carbons (Fsp3) is 0.300. The number of nitriles is 1. The van der Waals surface area contributed by atoms with E-state index in [2.05, 4.69) is 5.32 Å². The molecule has 0 saturated heterocycles. The second kappa shape index (κ2) is 8.42. The number of ether oxygens (including phenoxy) is 1. The van der Waals surface area contributed by atoms with Gasteiger partial charge in [-0.25, -0.2) is 8.42 Å². The van der Waals surface area contributed by atoms with E-state index in [4.69, 9.17) is 10.00 Å². The first-order valence-corrected chi connectivity index (χ1v) is 10.5. The molecule has 1 aliphatic rings. The number of nitrogens with one attached hydrogen (secondary N) is 1. The molecular weight excluding hydrogens is 378 g/mol. The summed E-state index contributed by atoms with van der Waals surface area (Å²) in [6, 6.07) is 13.8. The standard InChI is InChI=1S/C20H21N3O4S/c1-27-19-7-6-18-14-23(10-8-17(18)12-19)28(25,26)11-9-22-20(24)16-4-2-15(13-21)3-5-16/h2-7,12H,8-11,14H2,1H3,(H,22,24). The van der Waals surface area contributed by atoms with Crippen molar-refractivity contribution in [2.45, 2.75) is 13.0 Å². The van der Waals surface area contributed by atoms with E-state index in [1.165, 1.54) is 16.4 Å². The van der Waals surface area contributed by atoms with E-state index >= 15 is 0 Å². The lowest BCUT2D eigenvalue weighted by atomic mass is 10.0. The van der Waals surface area contributed by atoms with Gasteiger partial charge in [-0.05, 0) is 53.9 Å². The van der Waals surface area contributed by atoms with Gasteiger partial charge in [0.2, 0.25) is 10.0 Å². The zero-order valence-corrected chi connectivity index (χ0v) is 16.3. The summed E-state index contributed by atoms with van der Waals surface area (Å²) < 4.78 is 31.9. The molecule has 0 spiro atoms. The largest absolute Gasteiger partial charge is 0.497 e. The van der Waals surface area contributed by atoms with Gasteiger partial charge < -0.3 is 10.1 Å². The Balaban J connectivity index is 1.56. The van der Waals surface area contributed by atoms with Crippen molar-refractivity contribution in [1.82, 2.24) is 9.62 Å². The van der Waals surface area contributed by atoms with Crippen molar-refractivity contribution in [3.05, 3.63) is 64.7 Å². The van der Waals surface area contributed by atoms with Crippen molar-refractivity contribution in [2.24, 2.45) is 0 Å². The lowest BCUT2D eigenvalue weighted by molar-refractivity contribution is 0.0956. The van der Waals surface area contributed by atoms with E-state index in [0.29, 0.717) is 30.6 Å². The van der Waals surface area contributed by atoms with Crippen LogP contribution in [0.15, 0.2) is 42.5 Å². The van der Waals surface area contributed by atoms with Crippen LogP contribution in [-0.4, -0.2) is 44.6 Å². The average molecular weight is 399 g/mol. The molecule has 3 rings (SSSR count). The van der Waals surface area contributed by atoms with Crippen LogP contribution in [0, 0.1) is 11.3 Å². The van der Waals surface area contributed by atoms with Gasteiger partial charge in [-0.2, -0.15) is 9.57 Å². The van der Waals surface area contributed by atoms with Crippen LogP contribution in [0.4, 0.5) is 0 Å². The number of carbonyl (C=O) groups is 1. The molecule has 0 fully saturated rings. The number of carbonyl (C=O) groups excluding carboxylic acids is 1. The van der Waals surface area contributed by atoms with Gasteiger partial charge in [0, 0.05) is 25.2 Å². The fourth-order valence-electron chi connectivity index (χ4n) is 3.09. The Labute approximate surface area is 164 Å². The highest BCUT2D eigenvalue weighted by atomic mass is 32.2. The fourth-order valence-corrected chi connectivity index (χ4v) is 4.41. The lowest BCUT2D eigenvalue weighted by Crippen LogP contribution is -2.40. The summed E-state index contributed by atoms with van der Waals surface area (Å²) in [5.41, 5.74) is 2.91. The Hall–Kier alpha value is -2.89. The van der Waals surface area contributed by atoms with Gasteiger partial charge in [-0.15, -0.1) is 0 Å². The van der Waals surface area contributed by atoms with Gasteiger partial charge in [-0.3, -0.25) is 4.79 Å². The van der Waals surface area contributed by atoms with Crippen LogP contribution >= 0.6 is 0 Å². The molecule has 0 unspecified atom stereocenters. The van der Waals surface area contributed by atoms with Crippen LogP contribution in [0.25, 0.3) is 0 Å². The van der Waals surface area contributed by atoms with E-state index in [9.17, 15) is 13.2 Å². The van der Waals surface area contributed by atoms with Crippen LogP contribution in [0.1, 0.15) is 27.0 Å². The molecule has 0 bridgehead atoms. The summed E-state index contributed by atoms with van der Waals surface area (Å²) in [4.78, 5) is 12.1. The molecule has 1 N–H and O–H groups in total. The van der Waals surface area contributed by atoms with E-state index < -0.39 is 10.0 Å². The molecule has 1 amide bonds. The van der Waals surface area contributed by atoms with E-state index in [1.54, 1.807) is 19.2 Å². The van der Waals surface area contributed by atoms with Crippen LogP contribution in [-0.2, 0) is 23.0 Å². The highest BCUT2D eigenvalue weighted by molar-refractivity contribution is 7.89. The molecule has 0 radical (unpaired) electrons. The third kappa shape index (κ3) is 4.50. The Morgan fingerprint density at radius 3 is 2.64 bits per heavy atom. The molecule has 7 nitrogen and oxygen atoms in total. The first-order valence-electron chi connectivity index (χ1n) is 8.85. The van der Waals surface area contributed by atoms with Gasteiger partial charge in [-0.1, -0.05) is 6.07 Å². The van der Waals surface area contributed by atoms with Crippen molar-refractivity contribution in [3.8, 4) is 11.8 Å². The third-order valence-electron chi connectivity index (χ3n) is 4.71. The summed E-state index contributed by atoms with van der Waals surface area (Å²) in [5.74, 6) is 0.233. The lowest BCUT2D eigenvalue weighted by Gasteiger charge is -2.28. The normalized spacial score (nSPS) is 14.0. The van der Waals surface area contributed by atoms with Crippen LogP contribution < -0.4 is 10.1 Å². The smallest absolute Gasteiger partial charge is 0.251 e. The molecule has 1 heterocycles. The molecule has 8 heteroatoms. The number of rotatable bonds is 6. The molecule has 0 saturated carbocycles. The van der Waals surface area contributed by atoms with Gasteiger partial charge in [0.1, 0.15) is 5.75 Å². The van der Waals surface area contributed by atoms with Crippen molar-refractivity contribution in [2.75, 3.05) is 26.0 Å². The Morgan fingerprint density at radius 1 is 1.21 bits per heavy atom. The average Bonchev–Trinajstić information content (AvgIpc) is 2.72. The second-order valence-electron chi connectivity index (χ2n) is 6.48. The third-order valence-corrected chi connectivity index (χ3v) is 6.52. The number of fused-ring (bicyclic) bond motifs is 1. The Bertz CT molecular complexity index is 1010. The first-order chi connectivity index (χ1) is 13.4. The van der Waals surface area contributed by atoms with Crippen molar-refractivity contribution >= 4 is 15.9 Å². The highest BCUT2D eigenvalue weighted by Crippen LogP contribution is 2.25. The number of amides is 1. The molecule has 0 aliphatic carbocycles. The number of hydrogen-bond acceptors (Lipinski definition) is 5. The minimum Gasteiger partial charge on any atom is -0.497 e. The van der Waals surface area contributed by atoms with E-state index in [1.807, 2.05) is 24.3 Å². The number of sulfonamides is 1. The molecule has 0 aromatic heterocycles. The minimum atomic E-state index is -3.49. The van der Waals surface area contributed by atoms with Crippen molar-refractivity contribution < 1.29 is 17.9 Å². The van der Waals surface area contributed by atoms with Crippen molar-refractivity contribution in [1.29, 1.82) is 5.26 Å². The molecule has 1 aliphatic heterocycles. The summed E-state index contributed by atoms with van der Waals surface area (Å²) in [7, 11) is -1.88. The summed E-state index contributed by atoms with van der Waals surface area (Å²) >= 11 is 0. The monoisotopic (exact) mass is 399 g/mol. The van der Waals surface area contributed by atoms with Gasteiger partial charge in [0.25, 0.3) is 5.91 Å². The Morgan fingerprint density at radius 2 is 1.96 bits per heavy atom. The van der Waals surface area contributed by atoms with Gasteiger partial charge in [0.15, 0.2) is 0 Å². The molecule has 2 aromatic rings. The van der Waals surface area contributed by atoms with E-state index in [0.717, 1.165) is 16.9 Å². The molecule has 28 heavy (non-hydrogen) atoms. The zero-order chi connectivity index (χ0) is 20.1. The van der Waals surface area contributed by atoms with Crippen molar-refractivity contribution in [3.63, 3.8) is 0 Å². The summed E-state index contributed by atoms with van der Waals surface area (Å²) in [6.45, 7) is 0.754. The SMILES string of the molecule is COc1ccc2c(c1)CCN(S(=O)(=O)CCNC(=O)c1ccc(C#N)cc1)C2.